The lowest BCUT2D eigenvalue weighted by molar-refractivity contribution is 0.392. The van der Waals surface area contributed by atoms with Gasteiger partial charge in [0.05, 0.1) is 0 Å². The van der Waals surface area contributed by atoms with Crippen molar-refractivity contribution in [1.29, 1.82) is 0 Å². The predicted octanol–water partition coefficient (Wildman–Crippen LogP) is 1.63. The highest BCUT2D eigenvalue weighted by Crippen LogP contribution is 1.98. The third kappa shape index (κ3) is 17.8. The van der Waals surface area contributed by atoms with Crippen LogP contribution in [0.25, 0.3) is 0 Å². The molecule has 0 bridgehead atoms. The summed E-state index contributed by atoms with van der Waals surface area (Å²) in [5.74, 6) is 0. The van der Waals surface area contributed by atoms with Gasteiger partial charge in [-0.3, -0.25) is 0 Å². The van der Waals surface area contributed by atoms with Gasteiger partial charge in [0.25, 0.3) is 0 Å². The van der Waals surface area contributed by atoms with Crippen molar-refractivity contribution in [3.63, 3.8) is 0 Å². The van der Waals surface area contributed by atoms with Gasteiger partial charge in [0.2, 0.25) is 0 Å². The van der Waals surface area contributed by atoms with Crippen LogP contribution in [-0.2, 0) is 0 Å². The van der Waals surface area contributed by atoms with E-state index in [1.54, 1.807) is 0 Å². The number of hydrogen-bond acceptors (Lipinski definition) is 4. The van der Waals surface area contributed by atoms with E-state index in [-0.39, 0.29) is 0 Å². The van der Waals surface area contributed by atoms with Crippen LogP contribution < -0.4 is 10.6 Å². The average molecular weight is 287 g/mol. The number of hydrogen-bond donors (Lipinski definition) is 2. The monoisotopic (exact) mass is 286 g/mol. The molecule has 4 heteroatoms. The molecule has 0 heterocycles. The van der Waals surface area contributed by atoms with Crippen LogP contribution in [0.15, 0.2) is 0 Å². The molecule has 0 aromatic heterocycles. The van der Waals surface area contributed by atoms with E-state index in [4.69, 9.17) is 0 Å². The third-order valence-corrected chi connectivity index (χ3v) is 3.37. The lowest BCUT2D eigenvalue weighted by atomic mass is 10.2. The summed E-state index contributed by atoms with van der Waals surface area (Å²) in [6, 6.07) is 0. The molecule has 122 valence electrons. The second-order valence-electron chi connectivity index (χ2n) is 6.23. The molecule has 0 spiro atoms. The summed E-state index contributed by atoms with van der Waals surface area (Å²) in [6.45, 7) is 7.06. The molecule has 0 rings (SSSR count). The van der Waals surface area contributed by atoms with Crippen molar-refractivity contribution in [2.45, 2.75) is 38.5 Å². The summed E-state index contributed by atoms with van der Waals surface area (Å²) in [5, 5.41) is 7.05. The Balaban J connectivity index is 2.96. The van der Waals surface area contributed by atoms with E-state index in [9.17, 15) is 0 Å². The summed E-state index contributed by atoms with van der Waals surface area (Å²) in [7, 11) is 8.53. The lowest BCUT2D eigenvalue weighted by Crippen LogP contribution is -2.22. The smallest absolute Gasteiger partial charge is 0.00127 e. The van der Waals surface area contributed by atoms with Gasteiger partial charge >= 0.3 is 0 Å². The second-order valence-corrected chi connectivity index (χ2v) is 6.23. The Labute approximate surface area is 127 Å². The van der Waals surface area contributed by atoms with Gasteiger partial charge in [0.15, 0.2) is 0 Å². The van der Waals surface area contributed by atoms with Crippen LogP contribution in [0, 0.1) is 0 Å². The SMILES string of the molecule is CN(C)CCCNCCCCCCNCCCN(C)C. The number of unbranched alkanes of at least 4 members (excludes halogenated alkanes) is 3. The Hall–Kier alpha value is -0.160. The Bertz CT molecular complexity index is 163. The average Bonchev–Trinajstić information content (AvgIpc) is 2.38. The maximum Gasteiger partial charge on any atom is -0.00127 e. The molecule has 0 aliphatic rings. The van der Waals surface area contributed by atoms with Crippen LogP contribution in [0.3, 0.4) is 0 Å². The minimum Gasteiger partial charge on any atom is -0.317 e. The highest BCUT2D eigenvalue weighted by Gasteiger charge is 1.93. The quantitative estimate of drug-likeness (QED) is 0.448. The van der Waals surface area contributed by atoms with Crippen molar-refractivity contribution in [3.05, 3.63) is 0 Å². The summed E-state index contributed by atoms with van der Waals surface area (Å²) in [5.41, 5.74) is 0. The molecule has 0 saturated heterocycles. The molecule has 2 N–H and O–H groups in total. The molecule has 0 atom stereocenters. The first-order valence-corrected chi connectivity index (χ1v) is 8.34. The van der Waals surface area contributed by atoms with Gasteiger partial charge in [0.1, 0.15) is 0 Å². The maximum atomic E-state index is 3.52. The first kappa shape index (κ1) is 19.8. The van der Waals surface area contributed by atoms with E-state index in [1.165, 1.54) is 64.7 Å². The molecule has 20 heavy (non-hydrogen) atoms. The second kappa shape index (κ2) is 15.2. The molecule has 0 aliphatic heterocycles. The van der Waals surface area contributed by atoms with Gasteiger partial charge < -0.3 is 20.4 Å². The molecule has 4 nitrogen and oxygen atoms in total. The number of nitrogens with one attached hydrogen (secondary N) is 2. The van der Waals surface area contributed by atoms with Crippen LogP contribution in [0.4, 0.5) is 0 Å². The molecule has 0 aromatic rings. The maximum absolute atomic E-state index is 3.52. The van der Waals surface area contributed by atoms with Crippen LogP contribution in [-0.4, -0.2) is 77.3 Å². The molecule has 0 amide bonds. The van der Waals surface area contributed by atoms with Gasteiger partial charge in [0, 0.05) is 0 Å². The van der Waals surface area contributed by atoms with E-state index in [0.717, 1.165) is 13.1 Å². The topological polar surface area (TPSA) is 30.5 Å². The van der Waals surface area contributed by atoms with Crippen molar-refractivity contribution in [1.82, 2.24) is 20.4 Å². The lowest BCUT2D eigenvalue weighted by Gasteiger charge is -2.10. The summed E-state index contributed by atoms with van der Waals surface area (Å²) in [6.07, 6.45) is 7.87. The minimum atomic E-state index is 1.16. The van der Waals surface area contributed by atoms with Crippen molar-refractivity contribution in [2.75, 3.05) is 67.5 Å². The van der Waals surface area contributed by atoms with Crippen molar-refractivity contribution in [2.24, 2.45) is 0 Å². The van der Waals surface area contributed by atoms with Gasteiger partial charge in [-0.25, -0.2) is 0 Å². The van der Waals surface area contributed by atoms with E-state index < -0.39 is 0 Å². The molecular formula is C16H38N4. The zero-order valence-corrected chi connectivity index (χ0v) is 14.4. The standard InChI is InChI=1S/C16H38N4/c1-19(2)15-9-13-17-11-7-5-6-8-12-18-14-10-16-20(3)4/h17-18H,5-16H2,1-4H3. The van der Waals surface area contributed by atoms with Crippen molar-refractivity contribution >= 4 is 0 Å². The van der Waals surface area contributed by atoms with E-state index in [1.807, 2.05) is 0 Å². The molecule has 0 aromatic carbocycles. The number of nitrogens with zero attached hydrogens (tertiary/aromatic N) is 2. The van der Waals surface area contributed by atoms with E-state index in [2.05, 4.69) is 48.6 Å². The van der Waals surface area contributed by atoms with Crippen LogP contribution in [0.5, 0.6) is 0 Å². The Kier molecular flexibility index (Phi) is 15.1. The van der Waals surface area contributed by atoms with E-state index in [0.29, 0.717) is 0 Å². The summed E-state index contributed by atoms with van der Waals surface area (Å²) in [4.78, 5) is 4.49. The Morgan fingerprint density at radius 2 is 0.850 bits per heavy atom. The zero-order valence-electron chi connectivity index (χ0n) is 14.4. The Morgan fingerprint density at radius 3 is 1.20 bits per heavy atom. The highest BCUT2D eigenvalue weighted by atomic mass is 15.1. The van der Waals surface area contributed by atoms with Crippen LogP contribution in [0.2, 0.25) is 0 Å². The largest absolute Gasteiger partial charge is 0.317 e. The predicted molar refractivity (Wildman–Crippen MR) is 90.5 cm³/mol. The zero-order chi connectivity index (χ0) is 15.1. The van der Waals surface area contributed by atoms with E-state index >= 15 is 0 Å². The molecule has 0 saturated carbocycles. The highest BCUT2D eigenvalue weighted by molar-refractivity contribution is 4.54. The summed E-state index contributed by atoms with van der Waals surface area (Å²) >= 11 is 0. The van der Waals surface area contributed by atoms with Gasteiger partial charge in [-0.2, -0.15) is 0 Å². The Morgan fingerprint density at radius 1 is 0.500 bits per heavy atom. The van der Waals surface area contributed by atoms with Crippen LogP contribution in [0.1, 0.15) is 38.5 Å². The minimum absolute atomic E-state index is 1.16. The third-order valence-electron chi connectivity index (χ3n) is 3.37. The fraction of sp³-hybridized carbons (Fsp3) is 1.00. The van der Waals surface area contributed by atoms with Gasteiger partial charge in [-0.05, 0) is 93.1 Å². The van der Waals surface area contributed by atoms with Crippen molar-refractivity contribution in [3.8, 4) is 0 Å². The van der Waals surface area contributed by atoms with Gasteiger partial charge in [-0.15, -0.1) is 0 Å². The molecular weight excluding hydrogens is 248 g/mol. The molecule has 0 aliphatic carbocycles. The van der Waals surface area contributed by atoms with Crippen LogP contribution >= 0.6 is 0 Å². The fourth-order valence-electron chi connectivity index (χ4n) is 2.14. The molecule has 0 unspecified atom stereocenters. The van der Waals surface area contributed by atoms with Gasteiger partial charge in [-0.1, -0.05) is 12.8 Å². The normalized spacial score (nSPS) is 11.7. The number of rotatable bonds is 15. The first-order chi connectivity index (χ1) is 9.63. The first-order valence-electron chi connectivity index (χ1n) is 8.34. The van der Waals surface area contributed by atoms with Crippen molar-refractivity contribution < 1.29 is 0 Å². The fourth-order valence-corrected chi connectivity index (χ4v) is 2.14. The molecule has 0 fully saturated rings. The molecule has 0 radical (unpaired) electrons. The summed E-state index contributed by atoms with van der Waals surface area (Å²) < 4.78 is 0.